The van der Waals surface area contributed by atoms with Crippen LogP contribution in [-0.2, 0) is 6.54 Å². The van der Waals surface area contributed by atoms with Crippen molar-refractivity contribution < 1.29 is 17.9 Å². The molecule has 0 radical (unpaired) electrons. The molecule has 2 rings (SSSR count). The van der Waals surface area contributed by atoms with Gasteiger partial charge in [-0.3, -0.25) is 0 Å². The van der Waals surface area contributed by atoms with Gasteiger partial charge in [-0.25, -0.2) is 5.43 Å². The van der Waals surface area contributed by atoms with E-state index in [4.69, 9.17) is 0 Å². The first kappa shape index (κ1) is 15.2. The van der Waals surface area contributed by atoms with Crippen molar-refractivity contribution in [1.29, 1.82) is 0 Å². The van der Waals surface area contributed by atoms with Crippen LogP contribution in [0.25, 0.3) is 0 Å². The molecule has 0 aliphatic heterocycles. The van der Waals surface area contributed by atoms with Gasteiger partial charge in [-0.05, 0) is 29.8 Å². The van der Waals surface area contributed by atoms with Crippen LogP contribution in [0.5, 0.6) is 5.75 Å². The number of alkyl halides is 3. The molecule has 0 saturated carbocycles. The van der Waals surface area contributed by atoms with Gasteiger partial charge in [0.15, 0.2) is 6.61 Å². The van der Waals surface area contributed by atoms with Crippen LogP contribution < -0.4 is 15.6 Å². The van der Waals surface area contributed by atoms with Gasteiger partial charge in [-0.2, -0.15) is 13.2 Å². The van der Waals surface area contributed by atoms with Gasteiger partial charge in [0.05, 0.1) is 0 Å². The number of nitrogens with one attached hydrogen (secondary N) is 2. The number of ether oxygens (including phenoxy) is 1. The molecular formula is C15H15F3N2O. The van der Waals surface area contributed by atoms with E-state index >= 15 is 0 Å². The lowest BCUT2D eigenvalue weighted by atomic mass is 10.2. The summed E-state index contributed by atoms with van der Waals surface area (Å²) in [7, 11) is 0. The highest BCUT2D eigenvalue weighted by molar-refractivity contribution is 5.41. The standard InChI is InChI=1S/C15H15F3N2O/c16-15(17,18)11-21-14-8-6-12(7-9-14)10-19-20-13-4-2-1-3-5-13/h1-9,19-20H,10-11H2. The minimum Gasteiger partial charge on any atom is -0.484 e. The van der Waals surface area contributed by atoms with Crippen LogP contribution in [0.2, 0.25) is 0 Å². The molecule has 2 aromatic carbocycles. The Hall–Kier alpha value is -2.21. The van der Waals surface area contributed by atoms with E-state index in [0.29, 0.717) is 6.54 Å². The van der Waals surface area contributed by atoms with E-state index in [1.807, 2.05) is 30.3 Å². The molecule has 2 N–H and O–H groups in total. The van der Waals surface area contributed by atoms with Crippen LogP contribution in [0.3, 0.4) is 0 Å². The van der Waals surface area contributed by atoms with Crippen molar-refractivity contribution in [2.75, 3.05) is 12.0 Å². The van der Waals surface area contributed by atoms with Crippen LogP contribution in [0.4, 0.5) is 18.9 Å². The molecule has 6 heteroatoms. The molecule has 0 bridgehead atoms. The number of benzene rings is 2. The number of para-hydroxylation sites is 1. The zero-order chi connectivity index (χ0) is 15.1. The van der Waals surface area contributed by atoms with E-state index in [1.165, 1.54) is 12.1 Å². The topological polar surface area (TPSA) is 33.3 Å². The molecule has 21 heavy (non-hydrogen) atoms. The number of anilines is 1. The quantitative estimate of drug-likeness (QED) is 0.797. The van der Waals surface area contributed by atoms with Crippen molar-refractivity contribution >= 4 is 5.69 Å². The Kier molecular flexibility index (Phi) is 5.05. The Morgan fingerprint density at radius 2 is 1.57 bits per heavy atom. The first-order chi connectivity index (χ1) is 10.0. The summed E-state index contributed by atoms with van der Waals surface area (Å²) in [5.41, 5.74) is 7.91. The maximum Gasteiger partial charge on any atom is 0.422 e. The second-order valence-electron chi connectivity index (χ2n) is 4.39. The van der Waals surface area contributed by atoms with Crippen LogP contribution in [-0.4, -0.2) is 12.8 Å². The lowest BCUT2D eigenvalue weighted by Crippen LogP contribution is -2.21. The molecule has 0 unspecified atom stereocenters. The van der Waals surface area contributed by atoms with Crippen molar-refractivity contribution in [3.63, 3.8) is 0 Å². The normalized spacial score (nSPS) is 11.2. The molecule has 0 fully saturated rings. The predicted molar refractivity (Wildman–Crippen MR) is 74.9 cm³/mol. The molecule has 0 spiro atoms. The molecule has 3 nitrogen and oxygen atoms in total. The van der Waals surface area contributed by atoms with Gasteiger partial charge >= 0.3 is 6.18 Å². The third kappa shape index (κ3) is 5.74. The Bertz CT molecular complexity index is 541. The number of hydrazine groups is 1. The number of hydrogen-bond donors (Lipinski definition) is 2. The van der Waals surface area contributed by atoms with Crippen molar-refractivity contribution in [2.45, 2.75) is 12.7 Å². The average molecular weight is 296 g/mol. The highest BCUT2D eigenvalue weighted by Crippen LogP contribution is 2.18. The fourth-order valence-corrected chi connectivity index (χ4v) is 1.64. The summed E-state index contributed by atoms with van der Waals surface area (Å²) in [6.07, 6.45) is -4.32. The Labute approximate surface area is 120 Å². The first-order valence-corrected chi connectivity index (χ1v) is 6.35. The molecule has 0 saturated heterocycles. The summed E-state index contributed by atoms with van der Waals surface area (Å²) in [4.78, 5) is 0. The van der Waals surface area contributed by atoms with E-state index in [2.05, 4.69) is 15.6 Å². The van der Waals surface area contributed by atoms with Crippen LogP contribution in [0, 0.1) is 0 Å². The fraction of sp³-hybridized carbons (Fsp3) is 0.200. The average Bonchev–Trinajstić information content (AvgIpc) is 2.47. The second-order valence-corrected chi connectivity index (χ2v) is 4.39. The van der Waals surface area contributed by atoms with E-state index in [-0.39, 0.29) is 5.75 Å². The Morgan fingerprint density at radius 1 is 0.905 bits per heavy atom. The van der Waals surface area contributed by atoms with Gasteiger partial charge < -0.3 is 10.2 Å². The van der Waals surface area contributed by atoms with Gasteiger partial charge in [0.1, 0.15) is 5.75 Å². The lowest BCUT2D eigenvalue weighted by molar-refractivity contribution is -0.153. The summed E-state index contributed by atoms with van der Waals surface area (Å²) in [6, 6.07) is 16.0. The maximum atomic E-state index is 12.0. The smallest absolute Gasteiger partial charge is 0.422 e. The zero-order valence-corrected chi connectivity index (χ0v) is 11.2. The van der Waals surface area contributed by atoms with Crippen LogP contribution in [0.1, 0.15) is 5.56 Å². The third-order valence-corrected chi connectivity index (χ3v) is 2.62. The monoisotopic (exact) mass is 296 g/mol. The summed E-state index contributed by atoms with van der Waals surface area (Å²) >= 11 is 0. The van der Waals surface area contributed by atoms with E-state index in [1.54, 1.807) is 12.1 Å². The third-order valence-electron chi connectivity index (χ3n) is 2.62. The maximum absolute atomic E-state index is 12.0. The summed E-state index contributed by atoms with van der Waals surface area (Å²) in [5, 5.41) is 0. The molecule has 0 aliphatic carbocycles. The zero-order valence-electron chi connectivity index (χ0n) is 11.2. The van der Waals surface area contributed by atoms with Gasteiger partial charge in [0, 0.05) is 12.2 Å². The number of hydrogen-bond acceptors (Lipinski definition) is 3. The Balaban J connectivity index is 1.77. The van der Waals surface area contributed by atoms with Gasteiger partial charge in [-0.15, -0.1) is 0 Å². The van der Waals surface area contributed by atoms with Gasteiger partial charge in [0.2, 0.25) is 0 Å². The van der Waals surface area contributed by atoms with Crippen LogP contribution in [0.15, 0.2) is 54.6 Å². The van der Waals surface area contributed by atoms with Crippen molar-refractivity contribution in [2.24, 2.45) is 0 Å². The van der Waals surface area contributed by atoms with Gasteiger partial charge in [-0.1, -0.05) is 30.3 Å². The largest absolute Gasteiger partial charge is 0.484 e. The SMILES string of the molecule is FC(F)(F)COc1ccc(CNNc2ccccc2)cc1. The Morgan fingerprint density at radius 3 is 2.19 bits per heavy atom. The van der Waals surface area contributed by atoms with Crippen molar-refractivity contribution in [1.82, 2.24) is 5.43 Å². The molecule has 0 aliphatic rings. The highest BCUT2D eigenvalue weighted by Gasteiger charge is 2.28. The predicted octanol–water partition coefficient (Wildman–Crippen LogP) is 3.74. The minimum absolute atomic E-state index is 0.201. The van der Waals surface area contributed by atoms with Crippen LogP contribution >= 0.6 is 0 Å². The second kappa shape index (κ2) is 6.99. The summed E-state index contributed by atoms with van der Waals surface area (Å²) in [6.45, 7) is -0.741. The molecule has 0 aromatic heterocycles. The fourth-order valence-electron chi connectivity index (χ4n) is 1.64. The first-order valence-electron chi connectivity index (χ1n) is 6.35. The molecule has 0 atom stereocenters. The molecule has 112 valence electrons. The summed E-state index contributed by atoms with van der Waals surface area (Å²) in [5.74, 6) is 0.201. The molecular weight excluding hydrogens is 281 g/mol. The number of rotatable bonds is 6. The van der Waals surface area contributed by atoms with Crippen molar-refractivity contribution in [3.8, 4) is 5.75 Å². The minimum atomic E-state index is -4.32. The van der Waals surface area contributed by atoms with Crippen molar-refractivity contribution in [3.05, 3.63) is 60.2 Å². The van der Waals surface area contributed by atoms with E-state index in [0.717, 1.165) is 11.3 Å². The molecule has 0 amide bonds. The van der Waals surface area contributed by atoms with Gasteiger partial charge in [0.25, 0.3) is 0 Å². The molecule has 2 aromatic rings. The molecule has 0 heterocycles. The van der Waals surface area contributed by atoms with E-state index < -0.39 is 12.8 Å². The number of halogens is 3. The highest BCUT2D eigenvalue weighted by atomic mass is 19.4. The summed E-state index contributed by atoms with van der Waals surface area (Å²) < 4.78 is 40.7. The lowest BCUT2D eigenvalue weighted by Gasteiger charge is -2.10. The van der Waals surface area contributed by atoms with E-state index in [9.17, 15) is 13.2 Å².